The molecule has 23 heavy (non-hydrogen) atoms. The Hall–Kier alpha value is -2.18. The number of anilines is 1. The van der Waals surface area contributed by atoms with Gasteiger partial charge in [0, 0.05) is 19.8 Å². The van der Waals surface area contributed by atoms with Crippen molar-refractivity contribution < 1.29 is 26.3 Å². The van der Waals surface area contributed by atoms with E-state index in [2.05, 4.69) is 0 Å². The molecule has 0 saturated heterocycles. The van der Waals surface area contributed by atoms with Crippen molar-refractivity contribution in [1.82, 2.24) is 0 Å². The zero-order valence-corrected chi connectivity index (χ0v) is 12.3. The van der Waals surface area contributed by atoms with Crippen LogP contribution in [0.3, 0.4) is 0 Å². The molecule has 0 saturated carbocycles. The van der Waals surface area contributed by atoms with Gasteiger partial charge in [-0.3, -0.25) is 0 Å². The van der Waals surface area contributed by atoms with Crippen LogP contribution in [-0.2, 0) is 12.4 Å². The quantitative estimate of drug-likeness (QED) is 0.660. The maximum atomic E-state index is 13.2. The Kier molecular flexibility index (Phi) is 4.32. The van der Waals surface area contributed by atoms with Crippen LogP contribution < -0.4 is 4.90 Å². The first-order chi connectivity index (χ1) is 10.5. The Morgan fingerprint density at radius 3 is 1.83 bits per heavy atom. The first-order valence-corrected chi connectivity index (χ1v) is 6.57. The van der Waals surface area contributed by atoms with E-state index in [0.29, 0.717) is 0 Å². The first kappa shape index (κ1) is 17.2. The Morgan fingerprint density at radius 1 is 0.739 bits per heavy atom. The van der Waals surface area contributed by atoms with Crippen molar-refractivity contribution in [2.24, 2.45) is 0 Å². The number of hydrogen-bond acceptors (Lipinski definition) is 1. The largest absolute Gasteiger partial charge is 0.418 e. The zero-order valence-electron chi connectivity index (χ0n) is 12.3. The van der Waals surface area contributed by atoms with E-state index in [9.17, 15) is 26.3 Å². The molecular weight excluding hydrogens is 320 g/mol. The molecule has 0 atom stereocenters. The number of hydrogen-bond donors (Lipinski definition) is 0. The highest BCUT2D eigenvalue weighted by atomic mass is 19.4. The van der Waals surface area contributed by atoms with Crippen LogP contribution in [0.1, 0.15) is 11.1 Å². The third kappa shape index (κ3) is 3.60. The SMILES string of the molecule is CN(C)c1ccc(-c2ccccc2C(F)(F)F)cc1C(F)(F)F. The molecule has 0 aliphatic rings. The predicted octanol–water partition coefficient (Wildman–Crippen LogP) is 5.46. The number of rotatable bonds is 2. The second kappa shape index (κ2) is 5.79. The fourth-order valence-corrected chi connectivity index (χ4v) is 2.30. The van der Waals surface area contributed by atoms with Gasteiger partial charge in [-0.2, -0.15) is 26.3 Å². The lowest BCUT2D eigenvalue weighted by molar-refractivity contribution is -0.137. The molecule has 2 aromatic carbocycles. The maximum absolute atomic E-state index is 13.2. The van der Waals surface area contributed by atoms with E-state index in [0.717, 1.165) is 18.2 Å². The average molecular weight is 333 g/mol. The lowest BCUT2D eigenvalue weighted by atomic mass is 9.96. The molecule has 124 valence electrons. The van der Waals surface area contributed by atoms with E-state index in [-0.39, 0.29) is 16.8 Å². The summed E-state index contributed by atoms with van der Waals surface area (Å²) in [5.41, 5.74) is -2.46. The molecule has 0 amide bonds. The summed E-state index contributed by atoms with van der Waals surface area (Å²) in [6.45, 7) is 0. The van der Waals surface area contributed by atoms with Gasteiger partial charge in [0.25, 0.3) is 0 Å². The van der Waals surface area contributed by atoms with Crippen molar-refractivity contribution in [3.05, 3.63) is 53.6 Å². The molecule has 2 rings (SSSR count). The lowest BCUT2D eigenvalue weighted by Crippen LogP contribution is -2.16. The van der Waals surface area contributed by atoms with Crippen molar-refractivity contribution >= 4 is 5.69 Å². The average Bonchev–Trinajstić information content (AvgIpc) is 2.44. The van der Waals surface area contributed by atoms with Crippen molar-refractivity contribution in [3.8, 4) is 11.1 Å². The van der Waals surface area contributed by atoms with Gasteiger partial charge in [-0.25, -0.2) is 0 Å². The van der Waals surface area contributed by atoms with Gasteiger partial charge in [0.1, 0.15) is 0 Å². The second-order valence-electron chi connectivity index (χ2n) is 5.17. The molecule has 0 radical (unpaired) electrons. The molecule has 0 aliphatic carbocycles. The number of benzene rings is 2. The zero-order chi connectivity index (χ0) is 17.4. The van der Waals surface area contributed by atoms with Crippen LogP contribution in [0.5, 0.6) is 0 Å². The molecule has 0 aromatic heterocycles. The van der Waals surface area contributed by atoms with E-state index in [4.69, 9.17) is 0 Å². The van der Waals surface area contributed by atoms with Gasteiger partial charge in [-0.1, -0.05) is 24.3 Å². The minimum Gasteiger partial charge on any atom is -0.377 e. The molecule has 2 aromatic rings. The predicted molar refractivity (Wildman–Crippen MR) is 76.2 cm³/mol. The van der Waals surface area contributed by atoms with Crippen LogP contribution in [0, 0.1) is 0 Å². The van der Waals surface area contributed by atoms with Crippen LogP contribution >= 0.6 is 0 Å². The molecule has 0 spiro atoms. The fraction of sp³-hybridized carbons (Fsp3) is 0.250. The molecule has 0 fully saturated rings. The molecule has 7 heteroatoms. The summed E-state index contributed by atoms with van der Waals surface area (Å²) in [5.74, 6) is 0. The summed E-state index contributed by atoms with van der Waals surface area (Å²) in [5, 5.41) is 0. The van der Waals surface area contributed by atoms with Gasteiger partial charge in [0.05, 0.1) is 11.1 Å². The lowest BCUT2D eigenvalue weighted by Gasteiger charge is -2.21. The Balaban J connectivity index is 2.68. The summed E-state index contributed by atoms with van der Waals surface area (Å²) in [4.78, 5) is 1.27. The molecule has 0 aliphatic heterocycles. The Labute approximate surface area is 129 Å². The van der Waals surface area contributed by atoms with E-state index in [1.165, 1.54) is 43.3 Å². The van der Waals surface area contributed by atoms with Crippen LogP contribution in [0.4, 0.5) is 32.0 Å². The second-order valence-corrected chi connectivity index (χ2v) is 5.17. The standard InChI is InChI=1S/C16H13F6N/c1-23(2)14-8-7-10(9-13(14)16(20,21)22)11-5-3-4-6-12(11)15(17,18)19/h3-9H,1-2H3. The highest BCUT2D eigenvalue weighted by Gasteiger charge is 2.36. The van der Waals surface area contributed by atoms with Gasteiger partial charge < -0.3 is 4.90 Å². The third-order valence-electron chi connectivity index (χ3n) is 3.33. The van der Waals surface area contributed by atoms with Gasteiger partial charge in [0.2, 0.25) is 0 Å². The fourth-order valence-electron chi connectivity index (χ4n) is 2.30. The minimum atomic E-state index is -4.66. The third-order valence-corrected chi connectivity index (χ3v) is 3.33. The monoisotopic (exact) mass is 333 g/mol. The van der Waals surface area contributed by atoms with Gasteiger partial charge in [-0.05, 0) is 29.3 Å². The van der Waals surface area contributed by atoms with Gasteiger partial charge in [0.15, 0.2) is 0 Å². The number of alkyl halides is 6. The van der Waals surface area contributed by atoms with Crippen molar-refractivity contribution in [3.63, 3.8) is 0 Å². The highest BCUT2D eigenvalue weighted by molar-refractivity contribution is 5.72. The van der Waals surface area contributed by atoms with E-state index in [1.807, 2.05) is 0 Å². The van der Waals surface area contributed by atoms with Crippen LogP contribution in [0.15, 0.2) is 42.5 Å². The van der Waals surface area contributed by atoms with Crippen LogP contribution in [0.2, 0.25) is 0 Å². The van der Waals surface area contributed by atoms with Crippen molar-refractivity contribution in [2.45, 2.75) is 12.4 Å². The topological polar surface area (TPSA) is 3.24 Å². The Bertz CT molecular complexity index is 700. The summed E-state index contributed by atoms with van der Waals surface area (Å²) in [7, 11) is 2.88. The molecule has 0 bridgehead atoms. The summed E-state index contributed by atoms with van der Waals surface area (Å²) in [6.07, 6.45) is -9.31. The summed E-state index contributed by atoms with van der Waals surface area (Å²) >= 11 is 0. The van der Waals surface area contributed by atoms with Crippen molar-refractivity contribution in [1.29, 1.82) is 0 Å². The molecule has 0 N–H and O–H groups in total. The maximum Gasteiger partial charge on any atom is 0.418 e. The normalized spacial score (nSPS) is 12.3. The van der Waals surface area contributed by atoms with E-state index in [1.54, 1.807) is 0 Å². The molecule has 0 unspecified atom stereocenters. The van der Waals surface area contributed by atoms with Crippen LogP contribution in [0.25, 0.3) is 11.1 Å². The molecular formula is C16H13F6N. The van der Waals surface area contributed by atoms with Crippen molar-refractivity contribution in [2.75, 3.05) is 19.0 Å². The molecule has 1 nitrogen and oxygen atoms in total. The minimum absolute atomic E-state index is 0.106. The smallest absolute Gasteiger partial charge is 0.377 e. The van der Waals surface area contributed by atoms with E-state index >= 15 is 0 Å². The molecule has 0 heterocycles. The first-order valence-electron chi connectivity index (χ1n) is 6.57. The number of nitrogens with zero attached hydrogens (tertiary/aromatic N) is 1. The van der Waals surface area contributed by atoms with Gasteiger partial charge in [-0.15, -0.1) is 0 Å². The number of halogens is 6. The highest BCUT2D eigenvalue weighted by Crippen LogP contribution is 2.41. The van der Waals surface area contributed by atoms with Gasteiger partial charge >= 0.3 is 12.4 Å². The van der Waals surface area contributed by atoms with Crippen LogP contribution in [-0.4, -0.2) is 14.1 Å². The Morgan fingerprint density at radius 2 is 1.30 bits per heavy atom. The van der Waals surface area contributed by atoms with E-state index < -0.39 is 23.5 Å². The summed E-state index contributed by atoms with van der Waals surface area (Å²) in [6, 6.07) is 7.75. The summed E-state index contributed by atoms with van der Waals surface area (Å²) < 4.78 is 78.7.